The predicted molar refractivity (Wildman–Crippen MR) is 161 cm³/mol. The topological polar surface area (TPSA) is 86.8 Å². The zero-order chi connectivity index (χ0) is 29.6. The van der Waals surface area contributed by atoms with Crippen molar-refractivity contribution < 1.29 is 18.0 Å². The van der Waals surface area contributed by atoms with Crippen molar-refractivity contribution in [2.75, 3.05) is 17.4 Å². The van der Waals surface area contributed by atoms with E-state index in [9.17, 15) is 18.0 Å². The molecule has 0 saturated heterocycles. The largest absolute Gasteiger partial charge is 0.354 e. The summed E-state index contributed by atoms with van der Waals surface area (Å²) in [7, 11) is -4.23. The molecule has 1 atom stereocenters. The SMILES string of the molecule is Cc1ccc(S(=O)(=O)N(CC(=O)N(Cc2cccc(Cl)c2)C(C)C(=O)NCC(C)C)c2cc(Cl)cc(Cl)c2)cc1. The molecule has 2 amide bonds. The minimum Gasteiger partial charge on any atom is -0.354 e. The Kier molecular flexibility index (Phi) is 10.9. The van der Waals surface area contributed by atoms with E-state index in [0.29, 0.717) is 17.1 Å². The van der Waals surface area contributed by atoms with Crippen molar-refractivity contribution in [3.63, 3.8) is 0 Å². The summed E-state index contributed by atoms with van der Waals surface area (Å²) in [5.74, 6) is -0.752. The van der Waals surface area contributed by atoms with Gasteiger partial charge in [0.2, 0.25) is 11.8 Å². The van der Waals surface area contributed by atoms with E-state index in [-0.39, 0.29) is 39.0 Å². The fraction of sp³-hybridized carbons (Fsp3) is 0.310. The average molecular weight is 625 g/mol. The molecule has 214 valence electrons. The number of hydrogen-bond acceptors (Lipinski definition) is 4. The number of sulfonamides is 1. The smallest absolute Gasteiger partial charge is 0.264 e. The minimum atomic E-state index is -4.23. The van der Waals surface area contributed by atoms with Gasteiger partial charge in [-0.1, -0.05) is 78.5 Å². The van der Waals surface area contributed by atoms with E-state index in [1.165, 1.54) is 35.2 Å². The van der Waals surface area contributed by atoms with Crippen LogP contribution in [0.1, 0.15) is 31.9 Å². The first kappa shape index (κ1) is 31.7. The zero-order valence-electron chi connectivity index (χ0n) is 22.7. The maximum absolute atomic E-state index is 13.9. The molecule has 3 aromatic carbocycles. The second-order valence-corrected chi connectivity index (χ2v) is 13.1. The summed E-state index contributed by atoms with van der Waals surface area (Å²) in [6.07, 6.45) is 0. The summed E-state index contributed by atoms with van der Waals surface area (Å²) < 4.78 is 28.7. The molecule has 1 unspecified atom stereocenters. The Hall–Kier alpha value is -2.78. The summed E-state index contributed by atoms with van der Waals surface area (Å²) in [5, 5.41) is 3.73. The van der Waals surface area contributed by atoms with E-state index < -0.39 is 28.5 Å². The van der Waals surface area contributed by atoms with E-state index >= 15 is 0 Å². The highest BCUT2D eigenvalue weighted by Gasteiger charge is 2.33. The first-order valence-corrected chi connectivity index (χ1v) is 15.2. The first-order valence-electron chi connectivity index (χ1n) is 12.6. The number of carbonyl (C=O) groups is 2. The van der Waals surface area contributed by atoms with Crippen LogP contribution >= 0.6 is 34.8 Å². The van der Waals surface area contributed by atoms with Crippen molar-refractivity contribution in [3.05, 3.63) is 92.9 Å². The molecular formula is C29H32Cl3N3O4S. The third-order valence-electron chi connectivity index (χ3n) is 6.12. The Balaban J connectivity index is 2.05. The van der Waals surface area contributed by atoms with Crippen molar-refractivity contribution in [1.29, 1.82) is 0 Å². The average Bonchev–Trinajstić information content (AvgIpc) is 2.88. The van der Waals surface area contributed by atoms with Gasteiger partial charge < -0.3 is 10.2 Å². The lowest BCUT2D eigenvalue weighted by Gasteiger charge is -2.32. The maximum Gasteiger partial charge on any atom is 0.264 e. The predicted octanol–water partition coefficient (Wildman–Crippen LogP) is 6.34. The lowest BCUT2D eigenvalue weighted by atomic mass is 10.1. The number of nitrogens with zero attached hydrogens (tertiary/aromatic N) is 2. The number of nitrogens with one attached hydrogen (secondary N) is 1. The highest BCUT2D eigenvalue weighted by atomic mass is 35.5. The second kappa shape index (κ2) is 13.7. The molecule has 0 aromatic heterocycles. The van der Waals surface area contributed by atoms with Crippen LogP contribution in [-0.4, -0.2) is 44.3 Å². The molecule has 0 fully saturated rings. The lowest BCUT2D eigenvalue weighted by Crippen LogP contribution is -2.51. The summed E-state index contributed by atoms with van der Waals surface area (Å²) in [4.78, 5) is 28.3. The third-order valence-corrected chi connectivity index (χ3v) is 8.58. The normalized spacial score (nSPS) is 12.2. The van der Waals surface area contributed by atoms with Crippen LogP contribution < -0.4 is 9.62 Å². The molecule has 0 aliphatic carbocycles. The minimum absolute atomic E-state index is 0.00823. The summed E-state index contributed by atoms with van der Waals surface area (Å²) >= 11 is 18.6. The van der Waals surface area contributed by atoms with Gasteiger partial charge in [-0.3, -0.25) is 13.9 Å². The number of rotatable bonds is 11. The van der Waals surface area contributed by atoms with E-state index in [2.05, 4.69) is 5.32 Å². The van der Waals surface area contributed by atoms with Gasteiger partial charge in [-0.15, -0.1) is 0 Å². The third kappa shape index (κ3) is 8.36. The Labute approximate surface area is 251 Å². The van der Waals surface area contributed by atoms with Gasteiger partial charge in [0.1, 0.15) is 12.6 Å². The molecule has 7 nitrogen and oxygen atoms in total. The van der Waals surface area contributed by atoms with Gasteiger partial charge in [0.15, 0.2) is 0 Å². The van der Waals surface area contributed by atoms with Crippen LogP contribution in [0, 0.1) is 12.8 Å². The molecule has 11 heteroatoms. The molecule has 40 heavy (non-hydrogen) atoms. The van der Waals surface area contributed by atoms with Crippen LogP contribution in [0.2, 0.25) is 15.1 Å². The Bertz CT molecular complexity index is 1440. The lowest BCUT2D eigenvalue weighted by molar-refractivity contribution is -0.139. The standard InChI is InChI=1S/C29H32Cl3N3O4S/c1-19(2)16-33-29(37)21(4)34(17-22-6-5-7-23(30)12-22)28(36)18-35(26-14-24(31)13-25(32)15-26)40(38,39)27-10-8-20(3)9-11-27/h5-15,19,21H,16-18H2,1-4H3,(H,33,37). The molecule has 0 heterocycles. The Morgan fingerprint density at radius 2 is 1.50 bits per heavy atom. The van der Waals surface area contributed by atoms with E-state index in [0.717, 1.165) is 9.87 Å². The molecule has 0 spiro atoms. The van der Waals surface area contributed by atoms with E-state index in [4.69, 9.17) is 34.8 Å². The van der Waals surface area contributed by atoms with Crippen molar-refractivity contribution in [2.24, 2.45) is 5.92 Å². The number of aryl methyl sites for hydroxylation is 1. The summed E-state index contributed by atoms with van der Waals surface area (Å²) in [5.41, 5.74) is 1.68. The van der Waals surface area contributed by atoms with Crippen LogP contribution in [0.4, 0.5) is 5.69 Å². The number of halogens is 3. The monoisotopic (exact) mass is 623 g/mol. The molecular weight excluding hydrogens is 593 g/mol. The fourth-order valence-electron chi connectivity index (χ4n) is 3.92. The maximum atomic E-state index is 13.9. The van der Waals surface area contributed by atoms with Crippen LogP contribution in [-0.2, 0) is 26.2 Å². The molecule has 0 aliphatic rings. The number of carbonyl (C=O) groups excluding carboxylic acids is 2. The van der Waals surface area contributed by atoms with Crippen molar-refractivity contribution in [3.8, 4) is 0 Å². The van der Waals surface area contributed by atoms with Crippen LogP contribution in [0.5, 0.6) is 0 Å². The van der Waals surface area contributed by atoms with E-state index in [1.54, 1.807) is 43.3 Å². The van der Waals surface area contributed by atoms with Gasteiger partial charge in [0, 0.05) is 28.2 Å². The molecule has 3 rings (SSSR count). The highest BCUT2D eigenvalue weighted by molar-refractivity contribution is 7.92. The van der Waals surface area contributed by atoms with Crippen molar-refractivity contribution in [1.82, 2.24) is 10.2 Å². The molecule has 0 radical (unpaired) electrons. The molecule has 3 aromatic rings. The molecule has 1 N–H and O–H groups in total. The second-order valence-electron chi connectivity index (χ2n) is 9.92. The number of benzene rings is 3. The first-order chi connectivity index (χ1) is 18.8. The molecule has 0 bridgehead atoms. The molecule has 0 saturated carbocycles. The van der Waals surface area contributed by atoms with Crippen molar-refractivity contribution in [2.45, 2.75) is 45.2 Å². The quantitative estimate of drug-likeness (QED) is 0.270. The van der Waals surface area contributed by atoms with Gasteiger partial charge >= 0.3 is 0 Å². The Morgan fingerprint density at radius 1 is 0.875 bits per heavy atom. The van der Waals surface area contributed by atoms with Gasteiger partial charge in [0.05, 0.1) is 10.6 Å². The number of hydrogen-bond donors (Lipinski definition) is 1. The summed E-state index contributed by atoms with van der Waals surface area (Å²) in [6, 6.07) is 16.6. The molecule has 0 aliphatic heterocycles. The van der Waals surface area contributed by atoms with Gasteiger partial charge in [-0.05, 0) is 67.8 Å². The van der Waals surface area contributed by atoms with Crippen LogP contribution in [0.3, 0.4) is 0 Å². The highest BCUT2D eigenvalue weighted by Crippen LogP contribution is 2.30. The van der Waals surface area contributed by atoms with Gasteiger partial charge in [0.25, 0.3) is 10.0 Å². The van der Waals surface area contributed by atoms with Crippen molar-refractivity contribution >= 4 is 62.3 Å². The number of amides is 2. The van der Waals surface area contributed by atoms with Gasteiger partial charge in [-0.2, -0.15) is 0 Å². The fourth-order valence-corrected chi connectivity index (χ4v) is 6.04. The number of anilines is 1. The van der Waals surface area contributed by atoms with Gasteiger partial charge in [-0.25, -0.2) is 8.42 Å². The summed E-state index contributed by atoms with van der Waals surface area (Å²) in [6.45, 7) is 7.23. The Morgan fingerprint density at radius 3 is 2.08 bits per heavy atom. The zero-order valence-corrected chi connectivity index (χ0v) is 25.8. The van der Waals surface area contributed by atoms with Crippen LogP contribution in [0.25, 0.3) is 0 Å². The van der Waals surface area contributed by atoms with E-state index in [1.807, 2.05) is 20.8 Å². The van der Waals surface area contributed by atoms with Crippen LogP contribution in [0.15, 0.2) is 71.6 Å².